The normalized spacial score (nSPS) is 14.3. The minimum absolute atomic E-state index is 0.160. The highest BCUT2D eigenvalue weighted by molar-refractivity contribution is 7.80. The molecule has 0 aliphatic heterocycles. The summed E-state index contributed by atoms with van der Waals surface area (Å²) in [6.45, 7) is 10.3. The molecule has 0 fully saturated rings. The Morgan fingerprint density at radius 1 is 0.952 bits per heavy atom. The molecule has 0 saturated heterocycles. The summed E-state index contributed by atoms with van der Waals surface area (Å²) in [6.07, 6.45) is 13.6. The SMILES string of the molecule is CC(NCCCC=CCCS)C(NCCCC=CCCS)OC(=O)[C@@H](NC(=O)C(C)(C)NC(=O)c1cscn1)C(C)C. The molecule has 0 aliphatic carbocycles. The maximum Gasteiger partial charge on any atom is 0.330 e. The zero-order valence-electron chi connectivity index (χ0n) is 25.7. The summed E-state index contributed by atoms with van der Waals surface area (Å²) in [7, 11) is 0. The van der Waals surface area contributed by atoms with Gasteiger partial charge in [0.2, 0.25) is 5.91 Å². The predicted octanol–water partition coefficient (Wildman–Crippen LogP) is 4.54. The Morgan fingerprint density at radius 3 is 2.05 bits per heavy atom. The molecule has 238 valence electrons. The first-order valence-electron chi connectivity index (χ1n) is 14.7. The van der Waals surface area contributed by atoms with Crippen LogP contribution in [0.25, 0.3) is 0 Å². The van der Waals surface area contributed by atoms with Gasteiger partial charge in [-0.05, 0) is 89.8 Å². The molecule has 0 saturated carbocycles. The van der Waals surface area contributed by atoms with E-state index in [1.165, 1.54) is 11.3 Å². The average molecular weight is 642 g/mol. The van der Waals surface area contributed by atoms with Gasteiger partial charge in [0.15, 0.2) is 6.23 Å². The van der Waals surface area contributed by atoms with Gasteiger partial charge in [0, 0.05) is 5.38 Å². The number of hydrogen-bond acceptors (Lipinski definition) is 10. The Kier molecular flexibility index (Phi) is 19.8. The van der Waals surface area contributed by atoms with Crippen molar-refractivity contribution in [2.45, 2.75) is 97.0 Å². The monoisotopic (exact) mass is 641 g/mol. The molecular weight excluding hydrogens is 591 g/mol. The van der Waals surface area contributed by atoms with Crippen LogP contribution in [-0.4, -0.2) is 71.2 Å². The van der Waals surface area contributed by atoms with Gasteiger partial charge < -0.3 is 20.7 Å². The molecule has 3 atom stereocenters. The first kappa shape index (κ1) is 38.2. The van der Waals surface area contributed by atoms with Crippen LogP contribution >= 0.6 is 36.6 Å². The van der Waals surface area contributed by atoms with Crippen molar-refractivity contribution in [3.63, 3.8) is 0 Å². The molecule has 0 spiro atoms. The van der Waals surface area contributed by atoms with Crippen LogP contribution in [0.5, 0.6) is 0 Å². The maximum atomic E-state index is 13.4. The van der Waals surface area contributed by atoms with Gasteiger partial charge in [0.1, 0.15) is 17.3 Å². The van der Waals surface area contributed by atoms with E-state index in [1.807, 2.05) is 20.8 Å². The first-order valence-corrected chi connectivity index (χ1v) is 16.9. The molecule has 0 bridgehead atoms. The summed E-state index contributed by atoms with van der Waals surface area (Å²) in [6, 6.07) is -1.06. The topological polar surface area (TPSA) is 121 Å². The van der Waals surface area contributed by atoms with Crippen molar-refractivity contribution >= 4 is 54.4 Å². The summed E-state index contributed by atoms with van der Waals surface area (Å²) in [5.41, 5.74) is 0.514. The van der Waals surface area contributed by atoms with E-state index < -0.39 is 35.6 Å². The number of carbonyl (C=O) groups excluding carboxylic acids is 3. The molecule has 2 unspecified atom stereocenters. The van der Waals surface area contributed by atoms with Crippen LogP contribution in [0.2, 0.25) is 0 Å². The number of nitrogens with one attached hydrogen (secondary N) is 4. The van der Waals surface area contributed by atoms with E-state index in [4.69, 9.17) is 4.74 Å². The predicted molar refractivity (Wildman–Crippen MR) is 179 cm³/mol. The highest BCUT2D eigenvalue weighted by Crippen LogP contribution is 2.12. The van der Waals surface area contributed by atoms with E-state index in [2.05, 4.69) is 75.8 Å². The van der Waals surface area contributed by atoms with Crippen molar-refractivity contribution in [3.8, 4) is 0 Å². The van der Waals surface area contributed by atoms with Crippen molar-refractivity contribution in [2.24, 2.45) is 5.92 Å². The van der Waals surface area contributed by atoms with Crippen molar-refractivity contribution < 1.29 is 19.1 Å². The number of rotatable bonds is 22. The van der Waals surface area contributed by atoms with E-state index in [1.54, 1.807) is 24.7 Å². The Labute approximate surface area is 267 Å². The van der Waals surface area contributed by atoms with Gasteiger partial charge in [0.05, 0.1) is 11.6 Å². The highest BCUT2D eigenvalue weighted by atomic mass is 32.1. The van der Waals surface area contributed by atoms with Gasteiger partial charge in [-0.1, -0.05) is 38.2 Å². The van der Waals surface area contributed by atoms with E-state index in [0.29, 0.717) is 6.54 Å². The second kappa shape index (κ2) is 21.8. The van der Waals surface area contributed by atoms with Crippen LogP contribution < -0.4 is 21.3 Å². The third-order valence-corrected chi connectivity index (χ3v) is 7.50. The molecule has 4 N–H and O–H groups in total. The number of aromatic nitrogens is 1. The summed E-state index contributed by atoms with van der Waals surface area (Å²) >= 11 is 9.73. The lowest BCUT2D eigenvalue weighted by Crippen LogP contribution is -2.60. The molecule has 42 heavy (non-hydrogen) atoms. The van der Waals surface area contributed by atoms with Crippen molar-refractivity contribution in [2.75, 3.05) is 24.6 Å². The molecule has 0 aromatic carbocycles. The fourth-order valence-electron chi connectivity index (χ4n) is 3.81. The van der Waals surface area contributed by atoms with Crippen LogP contribution in [0.3, 0.4) is 0 Å². The quantitative estimate of drug-likeness (QED) is 0.0362. The second-order valence-corrected chi connectivity index (χ2v) is 12.6. The van der Waals surface area contributed by atoms with Crippen LogP contribution in [0.1, 0.15) is 83.6 Å². The van der Waals surface area contributed by atoms with Crippen LogP contribution in [-0.2, 0) is 14.3 Å². The smallest absolute Gasteiger partial charge is 0.330 e. The van der Waals surface area contributed by atoms with Gasteiger partial charge >= 0.3 is 5.97 Å². The van der Waals surface area contributed by atoms with Crippen LogP contribution in [0.15, 0.2) is 35.2 Å². The largest absolute Gasteiger partial charge is 0.443 e. The van der Waals surface area contributed by atoms with Crippen molar-refractivity contribution in [3.05, 3.63) is 40.9 Å². The number of hydrogen-bond donors (Lipinski definition) is 6. The third kappa shape index (κ3) is 15.6. The highest BCUT2D eigenvalue weighted by Gasteiger charge is 2.36. The molecular formula is C30H51N5O4S3. The van der Waals surface area contributed by atoms with Gasteiger partial charge in [-0.3, -0.25) is 14.9 Å². The van der Waals surface area contributed by atoms with Gasteiger partial charge in [-0.15, -0.1) is 11.3 Å². The molecule has 12 heteroatoms. The minimum Gasteiger partial charge on any atom is -0.443 e. The molecule has 0 radical (unpaired) electrons. The number of thiol groups is 2. The third-order valence-electron chi connectivity index (χ3n) is 6.39. The fourth-order valence-corrected chi connectivity index (χ4v) is 4.64. The molecule has 2 amide bonds. The molecule has 1 rings (SSSR count). The number of amides is 2. The molecule has 9 nitrogen and oxygen atoms in total. The summed E-state index contributed by atoms with van der Waals surface area (Å²) < 4.78 is 5.97. The summed E-state index contributed by atoms with van der Waals surface area (Å²) in [5.74, 6) is -0.0558. The van der Waals surface area contributed by atoms with Crippen LogP contribution in [0, 0.1) is 5.92 Å². The number of ether oxygens (including phenoxy) is 1. The minimum atomic E-state index is -1.28. The number of unbranched alkanes of at least 4 members (excludes halogenated alkanes) is 2. The van der Waals surface area contributed by atoms with E-state index in [9.17, 15) is 14.4 Å². The van der Waals surface area contributed by atoms with E-state index in [-0.39, 0.29) is 17.7 Å². The lowest BCUT2D eigenvalue weighted by Gasteiger charge is -2.31. The number of allylic oxidation sites excluding steroid dienone is 4. The van der Waals surface area contributed by atoms with Gasteiger partial charge in [-0.2, -0.15) is 25.3 Å². The van der Waals surface area contributed by atoms with Crippen molar-refractivity contribution in [1.82, 2.24) is 26.3 Å². The number of nitrogens with zero attached hydrogens (tertiary/aromatic N) is 1. The zero-order valence-corrected chi connectivity index (χ0v) is 28.3. The van der Waals surface area contributed by atoms with E-state index >= 15 is 0 Å². The lowest BCUT2D eigenvalue weighted by atomic mass is 9.99. The van der Waals surface area contributed by atoms with Crippen LogP contribution in [0.4, 0.5) is 0 Å². The van der Waals surface area contributed by atoms with E-state index in [0.717, 1.165) is 56.6 Å². The van der Waals surface area contributed by atoms with Gasteiger partial charge in [-0.25, -0.2) is 9.78 Å². The lowest BCUT2D eigenvalue weighted by molar-refractivity contribution is -0.157. The van der Waals surface area contributed by atoms with Crippen molar-refractivity contribution in [1.29, 1.82) is 0 Å². The Hall–Kier alpha value is -1.86. The number of thiazole rings is 1. The Bertz CT molecular complexity index is 970. The molecule has 0 aliphatic rings. The molecule has 1 heterocycles. The molecule has 1 aromatic rings. The fraction of sp³-hybridized carbons (Fsp3) is 0.667. The number of esters is 1. The standard InChI is InChI=1S/C30H51N5O4S3/c1-22(2)25(34-29(38)30(4,5)35-26(36)24-20-42-21-33-24)28(37)39-27(32-17-13-9-7-11-15-19-41)23(3)31-16-12-8-6-10-14-18-40/h6-7,10-11,20-23,25,27,31-32,40-41H,8-9,12-19H2,1-5H3,(H,34,38)(H,35,36)/t23?,25-,27?/m0/s1. The maximum absolute atomic E-state index is 13.4. The second-order valence-electron chi connectivity index (χ2n) is 11.0. The molecule has 1 aromatic heterocycles. The summed E-state index contributed by atoms with van der Waals surface area (Å²) in [5, 5.41) is 14.0. The Balaban J connectivity index is 2.83. The summed E-state index contributed by atoms with van der Waals surface area (Å²) in [4.78, 5) is 43.1. The van der Waals surface area contributed by atoms with Gasteiger partial charge in [0.25, 0.3) is 5.91 Å². The first-order chi connectivity index (χ1) is 20.0. The Morgan fingerprint density at radius 2 is 1.52 bits per heavy atom. The zero-order chi connectivity index (χ0) is 31.4. The average Bonchev–Trinajstić information content (AvgIpc) is 3.49. The number of carbonyl (C=O) groups is 3.